The maximum Gasteiger partial charge on any atom is 0.000978 e. The van der Waals surface area contributed by atoms with Crippen molar-refractivity contribution >= 4 is 0 Å². The van der Waals surface area contributed by atoms with Crippen LogP contribution in [0.3, 0.4) is 0 Å². The highest BCUT2D eigenvalue weighted by molar-refractivity contribution is 4.82. The van der Waals surface area contributed by atoms with Gasteiger partial charge in [0.05, 0.1) is 0 Å². The fourth-order valence-corrected chi connectivity index (χ4v) is 3.06. The summed E-state index contributed by atoms with van der Waals surface area (Å²) in [5, 5.41) is 0. The van der Waals surface area contributed by atoms with Gasteiger partial charge in [-0.2, -0.15) is 0 Å². The van der Waals surface area contributed by atoms with Crippen LogP contribution in [0.25, 0.3) is 0 Å². The summed E-state index contributed by atoms with van der Waals surface area (Å²) in [5.41, 5.74) is 5.52. The molecule has 2 heterocycles. The Morgan fingerprint density at radius 3 is 2.00 bits per heavy atom. The quantitative estimate of drug-likeness (QED) is 0.695. The third kappa shape index (κ3) is 2.71. The molecule has 3 fully saturated rings. The largest absolute Gasteiger partial charge is 0.330 e. The van der Waals surface area contributed by atoms with E-state index in [-0.39, 0.29) is 0 Å². The van der Waals surface area contributed by atoms with Gasteiger partial charge in [0, 0.05) is 13.1 Å². The van der Waals surface area contributed by atoms with Crippen LogP contribution in [0.5, 0.6) is 0 Å². The molecule has 0 aromatic heterocycles. The van der Waals surface area contributed by atoms with Crippen molar-refractivity contribution in [3.63, 3.8) is 0 Å². The molecule has 2 aliphatic heterocycles. The normalized spacial score (nSPS) is 33.2. The Hall–Kier alpha value is -0.0800. The third-order valence-electron chi connectivity index (χ3n) is 3.93. The van der Waals surface area contributed by atoms with Crippen molar-refractivity contribution in [1.29, 1.82) is 0 Å². The van der Waals surface area contributed by atoms with Crippen molar-refractivity contribution in [2.24, 2.45) is 17.6 Å². The monoisotopic (exact) mass is 196 g/mol. The van der Waals surface area contributed by atoms with Gasteiger partial charge in [-0.1, -0.05) is 0 Å². The molecule has 82 valence electrons. The average molecular weight is 196 g/mol. The molecule has 0 radical (unpaired) electrons. The number of unbranched alkanes of at least 4 members (excludes halogenated alkanes) is 1. The van der Waals surface area contributed by atoms with Gasteiger partial charge in [-0.15, -0.1) is 0 Å². The van der Waals surface area contributed by atoms with Crippen molar-refractivity contribution < 1.29 is 0 Å². The lowest BCUT2D eigenvalue weighted by Crippen LogP contribution is -2.29. The summed E-state index contributed by atoms with van der Waals surface area (Å²) in [6, 6.07) is 0. The lowest BCUT2D eigenvalue weighted by atomic mass is 9.84. The molecule has 14 heavy (non-hydrogen) atoms. The summed E-state index contributed by atoms with van der Waals surface area (Å²) >= 11 is 0. The van der Waals surface area contributed by atoms with E-state index in [4.69, 9.17) is 5.73 Å². The zero-order valence-electron chi connectivity index (χ0n) is 9.25. The Labute approximate surface area is 87.8 Å². The average Bonchev–Trinajstić information content (AvgIpc) is 2.50. The van der Waals surface area contributed by atoms with Gasteiger partial charge in [0.15, 0.2) is 0 Å². The highest BCUT2D eigenvalue weighted by Crippen LogP contribution is 2.33. The highest BCUT2D eigenvalue weighted by atomic mass is 15.1. The van der Waals surface area contributed by atoms with E-state index in [1.807, 2.05) is 0 Å². The van der Waals surface area contributed by atoms with Gasteiger partial charge < -0.3 is 10.6 Å². The van der Waals surface area contributed by atoms with E-state index >= 15 is 0 Å². The molecule has 2 bridgehead atoms. The Kier molecular flexibility index (Phi) is 3.82. The number of hydrogen-bond acceptors (Lipinski definition) is 2. The first-order valence-corrected chi connectivity index (χ1v) is 6.31. The predicted molar refractivity (Wildman–Crippen MR) is 60.2 cm³/mol. The number of nitrogens with two attached hydrogens (primary N) is 1. The fourth-order valence-electron chi connectivity index (χ4n) is 3.06. The first-order valence-electron chi connectivity index (χ1n) is 6.31. The maximum absolute atomic E-state index is 5.52. The van der Waals surface area contributed by atoms with Gasteiger partial charge in [-0.05, 0) is 63.5 Å². The Morgan fingerprint density at radius 1 is 0.929 bits per heavy atom. The summed E-state index contributed by atoms with van der Waals surface area (Å²) in [6.45, 7) is 4.91. The molecule has 0 spiro atoms. The second-order valence-electron chi connectivity index (χ2n) is 5.14. The van der Waals surface area contributed by atoms with Crippen LogP contribution >= 0.6 is 0 Å². The van der Waals surface area contributed by atoms with E-state index in [1.165, 1.54) is 58.2 Å². The molecule has 2 nitrogen and oxygen atoms in total. The fraction of sp³-hybridized carbons (Fsp3) is 1.00. The van der Waals surface area contributed by atoms with Crippen molar-refractivity contribution in [3.8, 4) is 0 Å². The van der Waals surface area contributed by atoms with Gasteiger partial charge in [0.25, 0.3) is 0 Å². The van der Waals surface area contributed by atoms with Crippen molar-refractivity contribution in [3.05, 3.63) is 0 Å². The molecular formula is C12H24N2. The lowest BCUT2D eigenvalue weighted by Gasteiger charge is -2.21. The molecule has 0 amide bonds. The first-order chi connectivity index (χ1) is 6.88. The molecule has 3 aliphatic rings. The van der Waals surface area contributed by atoms with Crippen LogP contribution in [0.4, 0.5) is 0 Å². The summed E-state index contributed by atoms with van der Waals surface area (Å²) in [4.78, 5) is 2.70. The predicted octanol–water partition coefficient (Wildman–Crippen LogP) is 1.85. The van der Waals surface area contributed by atoms with Crippen LogP contribution < -0.4 is 5.73 Å². The van der Waals surface area contributed by atoms with E-state index in [0.717, 1.165) is 18.4 Å². The van der Waals surface area contributed by atoms with Crippen molar-refractivity contribution in [2.75, 3.05) is 26.2 Å². The molecule has 3 rings (SSSR count). The zero-order chi connectivity index (χ0) is 9.80. The summed E-state index contributed by atoms with van der Waals surface area (Å²) in [7, 11) is 0. The van der Waals surface area contributed by atoms with E-state index in [1.54, 1.807) is 0 Å². The van der Waals surface area contributed by atoms with Crippen molar-refractivity contribution in [2.45, 2.75) is 38.5 Å². The van der Waals surface area contributed by atoms with Gasteiger partial charge in [0.2, 0.25) is 0 Å². The standard InChI is InChI=1S/C12H24N2/c13-7-1-2-8-14-9-11-3-4-12(10-14)6-5-11/h11-12H,1-10,13H2. The van der Waals surface area contributed by atoms with Crippen LogP contribution in [-0.2, 0) is 0 Å². The minimum absolute atomic E-state index is 0.862. The molecule has 0 aromatic rings. The summed E-state index contributed by atoms with van der Waals surface area (Å²) < 4.78 is 0. The topological polar surface area (TPSA) is 29.3 Å². The van der Waals surface area contributed by atoms with Crippen LogP contribution in [0.2, 0.25) is 0 Å². The minimum Gasteiger partial charge on any atom is -0.330 e. The second kappa shape index (κ2) is 5.13. The van der Waals surface area contributed by atoms with Gasteiger partial charge >= 0.3 is 0 Å². The zero-order valence-corrected chi connectivity index (χ0v) is 9.25. The smallest absolute Gasteiger partial charge is 0.000978 e. The van der Waals surface area contributed by atoms with Crippen LogP contribution in [0.1, 0.15) is 38.5 Å². The first kappa shape index (κ1) is 10.4. The molecule has 2 N–H and O–H groups in total. The van der Waals surface area contributed by atoms with E-state index in [2.05, 4.69) is 4.90 Å². The van der Waals surface area contributed by atoms with Crippen LogP contribution in [-0.4, -0.2) is 31.1 Å². The Morgan fingerprint density at radius 2 is 1.50 bits per heavy atom. The van der Waals surface area contributed by atoms with Gasteiger partial charge in [-0.25, -0.2) is 0 Å². The molecule has 0 unspecified atom stereocenters. The summed E-state index contributed by atoms with van der Waals surface area (Å²) in [5.74, 6) is 2.04. The van der Waals surface area contributed by atoms with Crippen LogP contribution in [0, 0.1) is 11.8 Å². The van der Waals surface area contributed by atoms with E-state index in [9.17, 15) is 0 Å². The minimum atomic E-state index is 0.862. The Bertz CT molecular complexity index is 148. The van der Waals surface area contributed by atoms with E-state index in [0.29, 0.717) is 0 Å². The summed E-state index contributed by atoms with van der Waals surface area (Å²) in [6.07, 6.45) is 8.49. The molecule has 0 atom stereocenters. The van der Waals surface area contributed by atoms with Crippen LogP contribution in [0.15, 0.2) is 0 Å². The molecule has 1 aliphatic carbocycles. The molecule has 0 aromatic carbocycles. The van der Waals surface area contributed by atoms with E-state index < -0.39 is 0 Å². The molecule has 2 saturated heterocycles. The SMILES string of the molecule is NCCCCN1CC2CCC(CC2)C1. The Balaban J connectivity index is 1.76. The highest BCUT2D eigenvalue weighted by Gasteiger charge is 2.28. The number of nitrogens with zero attached hydrogens (tertiary/aromatic N) is 1. The number of rotatable bonds is 4. The van der Waals surface area contributed by atoms with Crippen molar-refractivity contribution in [1.82, 2.24) is 4.90 Å². The second-order valence-corrected chi connectivity index (χ2v) is 5.14. The van der Waals surface area contributed by atoms with Gasteiger partial charge in [-0.3, -0.25) is 0 Å². The molecule has 1 saturated carbocycles. The number of hydrogen-bond donors (Lipinski definition) is 1. The lowest BCUT2D eigenvalue weighted by molar-refractivity contribution is 0.248. The third-order valence-corrected chi connectivity index (χ3v) is 3.93. The molecular weight excluding hydrogens is 172 g/mol. The maximum atomic E-state index is 5.52. The number of fused-ring (bicyclic) bond motifs is 4. The molecule has 2 heteroatoms. The van der Waals surface area contributed by atoms with Gasteiger partial charge in [0.1, 0.15) is 0 Å².